The van der Waals surface area contributed by atoms with Crippen LogP contribution in [0.3, 0.4) is 0 Å². The highest BCUT2D eigenvalue weighted by atomic mass is 16.2. The molecule has 3 rings (SSSR count). The summed E-state index contributed by atoms with van der Waals surface area (Å²) in [5.74, 6) is 1.16. The Balaban J connectivity index is 1.56. The van der Waals surface area contributed by atoms with Crippen LogP contribution in [0.25, 0.3) is 0 Å². The summed E-state index contributed by atoms with van der Waals surface area (Å²) >= 11 is 0. The topological polar surface area (TPSA) is 23.6 Å². The van der Waals surface area contributed by atoms with Crippen molar-refractivity contribution >= 4 is 5.91 Å². The van der Waals surface area contributed by atoms with E-state index in [2.05, 4.69) is 23.6 Å². The van der Waals surface area contributed by atoms with E-state index in [1.807, 2.05) is 0 Å². The molecule has 3 fully saturated rings. The van der Waals surface area contributed by atoms with Crippen molar-refractivity contribution in [2.75, 3.05) is 13.1 Å². The molecule has 120 valence electrons. The molecule has 3 saturated carbocycles. The molecule has 0 unspecified atom stereocenters. The van der Waals surface area contributed by atoms with Crippen molar-refractivity contribution in [3.63, 3.8) is 0 Å². The van der Waals surface area contributed by atoms with E-state index < -0.39 is 0 Å². The van der Waals surface area contributed by atoms with Gasteiger partial charge in [0.05, 0.1) is 6.54 Å². The molecule has 0 aromatic carbocycles. The summed E-state index contributed by atoms with van der Waals surface area (Å²) in [6.07, 6.45) is 11.5. The molecule has 0 atom stereocenters. The molecule has 1 amide bonds. The van der Waals surface area contributed by atoms with E-state index in [4.69, 9.17) is 0 Å². The highest BCUT2D eigenvalue weighted by Gasteiger charge is 2.40. The first-order valence-corrected chi connectivity index (χ1v) is 9.20. The highest BCUT2D eigenvalue weighted by molar-refractivity contribution is 5.79. The Hall–Kier alpha value is -0.570. The fraction of sp³-hybridized carbons (Fsp3) is 0.944. The van der Waals surface area contributed by atoms with Gasteiger partial charge in [-0.05, 0) is 57.4 Å². The van der Waals surface area contributed by atoms with Gasteiger partial charge in [-0.25, -0.2) is 0 Å². The lowest BCUT2D eigenvalue weighted by Gasteiger charge is -2.32. The van der Waals surface area contributed by atoms with E-state index in [0.29, 0.717) is 30.6 Å². The zero-order valence-electron chi connectivity index (χ0n) is 13.9. The van der Waals surface area contributed by atoms with E-state index in [9.17, 15) is 4.79 Å². The predicted octanol–water partition coefficient (Wildman–Crippen LogP) is 3.43. The van der Waals surface area contributed by atoms with Crippen LogP contribution in [0.15, 0.2) is 0 Å². The van der Waals surface area contributed by atoms with Gasteiger partial charge in [-0.1, -0.05) is 26.7 Å². The first kappa shape index (κ1) is 15.3. The first-order chi connectivity index (χ1) is 10.1. The minimum atomic E-state index is 0.431. The normalized spacial score (nSPS) is 23.2. The Morgan fingerprint density at radius 3 is 2.05 bits per heavy atom. The Morgan fingerprint density at radius 1 is 0.952 bits per heavy atom. The van der Waals surface area contributed by atoms with Gasteiger partial charge in [-0.2, -0.15) is 0 Å². The summed E-state index contributed by atoms with van der Waals surface area (Å²) in [6.45, 7) is 6.35. The lowest BCUT2D eigenvalue weighted by molar-refractivity contribution is -0.135. The summed E-state index contributed by atoms with van der Waals surface area (Å²) in [6, 6.07) is 1.86. The van der Waals surface area contributed by atoms with Gasteiger partial charge in [0.1, 0.15) is 0 Å². The van der Waals surface area contributed by atoms with Crippen LogP contribution in [0.1, 0.15) is 71.6 Å². The molecule has 0 aromatic heterocycles. The minimum absolute atomic E-state index is 0.431. The quantitative estimate of drug-likeness (QED) is 0.684. The standard InChI is InChI=1S/C18H32N2O/c1-14(2)11-12-19(15-7-8-15)13-18(21)20(17-9-10-17)16-5-3-4-6-16/h14-17H,3-13H2,1-2H3. The average molecular weight is 292 g/mol. The molecule has 0 N–H and O–H groups in total. The second-order valence-corrected chi connectivity index (χ2v) is 7.85. The molecule has 3 aliphatic rings. The maximum Gasteiger partial charge on any atom is 0.237 e. The molecule has 0 aromatic rings. The van der Waals surface area contributed by atoms with Crippen LogP contribution >= 0.6 is 0 Å². The maximum absolute atomic E-state index is 12.9. The Labute approximate surface area is 130 Å². The number of hydrogen-bond acceptors (Lipinski definition) is 2. The van der Waals surface area contributed by atoms with Crippen molar-refractivity contribution in [1.29, 1.82) is 0 Å². The van der Waals surface area contributed by atoms with Gasteiger partial charge < -0.3 is 4.90 Å². The number of nitrogens with zero attached hydrogens (tertiary/aromatic N) is 2. The summed E-state index contributed by atoms with van der Waals surface area (Å²) < 4.78 is 0. The number of carbonyl (C=O) groups is 1. The fourth-order valence-electron chi connectivity index (χ4n) is 3.75. The monoisotopic (exact) mass is 292 g/mol. The van der Waals surface area contributed by atoms with Crippen molar-refractivity contribution in [2.24, 2.45) is 5.92 Å². The Bertz CT molecular complexity index is 354. The zero-order valence-corrected chi connectivity index (χ0v) is 13.9. The molecule has 0 heterocycles. The lowest BCUT2D eigenvalue weighted by Crippen LogP contribution is -2.46. The lowest BCUT2D eigenvalue weighted by atomic mass is 10.1. The molecule has 3 aliphatic carbocycles. The highest BCUT2D eigenvalue weighted by Crippen LogP contribution is 2.35. The van der Waals surface area contributed by atoms with Gasteiger partial charge in [0.15, 0.2) is 0 Å². The SMILES string of the molecule is CC(C)CCN(CC(=O)N(C1CCCC1)C1CC1)C1CC1. The van der Waals surface area contributed by atoms with Gasteiger partial charge in [-0.15, -0.1) is 0 Å². The summed E-state index contributed by atoms with van der Waals surface area (Å²) in [4.78, 5) is 17.7. The molecule has 3 heteroatoms. The van der Waals surface area contributed by atoms with Crippen molar-refractivity contribution in [3.05, 3.63) is 0 Å². The summed E-state index contributed by atoms with van der Waals surface area (Å²) in [5.41, 5.74) is 0. The van der Waals surface area contributed by atoms with E-state index in [1.165, 1.54) is 57.8 Å². The van der Waals surface area contributed by atoms with Crippen molar-refractivity contribution in [2.45, 2.75) is 89.8 Å². The van der Waals surface area contributed by atoms with Crippen LogP contribution in [0, 0.1) is 5.92 Å². The Morgan fingerprint density at radius 2 is 1.52 bits per heavy atom. The molecule has 0 saturated heterocycles. The zero-order chi connectivity index (χ0) is 14.8. The summed E-state index contributed by atoms with van der Waals surface area (Å²) in [5, 5.41) is 0. The van der Waals surface area contributed by atoms with E-state index in [-0.39, 0.29) is 0 Å². The largest absolute Gasteiger partial charge is 0.336 e. The van der Waals surface area contributed by atoms with E-state index >= 15 is 0 Å². The number of carbonyl (C=O) groups excluding carboxylic acids is 1. The third-order valence-corrected chi connectivity index (χ3v) is 5.34. The van der Waals surface area contributed by atoms with Crippen molar-refractivity contribution in [3.8, 4) is 0 Å². The van der Waals surface area contributed by atoms with Crippen molar-refractivity contribution in [1.82, 2.24) is 9.80 Å². The van der Waals surface area contributed by atoms with Crippen molar-refractivity contribution < 1.29 is 4.79 Å². The minimum Gasteiger partial charge on any atom is -0.336 e. The third-order valence-electron chi connectivity index (χ3n) is 5.34. The predicted molar refractivity (Wildman–Crippen MR) is 86.2 cm³/mol. The third kappa shape index (κ3) is 4.21. The van der Waals surface area contributed by atoms with Crippen LogP contribution in [0.2, 0.25) is 0 Å². The molecular formula is C18H32N2O. The van der Waals surface area contributed by atoms with E-state index in [1.54, 1.807) is 0 Å². The molecule has 0 spiro atoms. The van der Waals surface area contributed by atoms with Gasteiger partial charge >= 0.3 is 0 Å². The first-order valence-electron chi connectivity index (χ1n) is 9.20. The molecule has 21 heavy (non-hydrogen) atoms. The van der Waals surface area contributed by atoms with Gasteiger partial charge in [0, 0.05) is 18.1 Å². The van der Waals surface area contributed by atoms with Crippen LogP contribution in [-0.4, -0.2) is 46.9 Å². The smallest absolute Gasteiger partial charge is 0.237 e. The number of hydrogen-bond donors (Lipinski definition) is 0. The molecule has 3 nitrogen and oxygen atoms in total. The van der Waals surface area contributed by atoms with Gasteiger partial charge in [-0.3, -0.25) is 9.69 Å². The number of rotatable bonds is 8. The van der Waals surface area contributed by atoms with Crippen LogP contribution in [0.5, 0.6) is 0 Å². The fourth-order valence-corrected chi connectivity index (χ4v) is 3.75. The van der Waals surface area contributed by atoms with Gasteiger partial charge in [0.2, 0.25) is 5.91 Å². The average Bonchev–Trinajstić information content (AvgIpc) is 3.35. The van der Waals surface area contributed by atoms with Crippen LogP contribution in [0.4, 0.5) is 0 Å². The molecule has 0 bridgehead atoms. The Kier molecular flexibility index (Phi) is 4.88. The van der Waals surface area contributed by atoms with Crippen LogP contribution in [-0.2, 0) is 4.79 Å². The van der Waals surface area contributed by atoms with Gasteiger partial charge in [0.25, 0.3) is 0 Å². The second-order valence-electron chi connectivity index (χ2n) is 7.85. The second kappa shape index (κ2) is 6.68. The maximum atomic E-state index is 12.9. The number of amides is 1. The molecule has 0 aliphatic heterocycles. The van der Waals surface area contributed by atoms with E-state index in [0.717, 1.165) is 12.5 Å². The molecule has 0 radical (unpaired) electrons. The molecular weight excluding hydrogens is 260 g/mol. The summed E-state index contributed by atoms with van der Waals surface area (Å²) in [7, 11) is 0. The van der Waals surface area contributed by atoms with Crippen LogP contribution < -0.4 is 0 Å².